The lowest BCUT2D eigenvalue weighted by Gasteiger charge is -2.24. The fourth-order valence-corrected chi connectivity index (χ4v) is 2.66. The first-order valence-electron chi connectivity index (χ1n) is 7.91. The summed E-state index contributed by atoms with van der Waals surface area (Å²) in [6, 6.07) is 10.9. The van der Waals surface area contributed by atoms with Crippen molar-refractivity contribution in [2.45, 2.75) is 25.3 Å². The third-order valence-corrected chi connectivity index (χ3v) is 3.88. The molecule has 3 rings (SSSR count). The van der Waals surface area contributed by atoms with E-state index in [2.05, 4.69) is 4.74 Å². The summed E-state index contributed by atoms with van der Waals surface area (Å²) >= 11 is 0. The topological polar surface area (TPSA) is 53.7 Å². The van der Waals surface area contributed by atoms with E-state index < -0.39 is 6.36 Å². The third-order valence-electron chi connectivity index (χ3n) is 3.88. The molecule has 25 heavy (non-hydrogen) atoms. The van der Waals surface area contributed by atoms with Crippen LogP contribution in [0.2, 0.25) is 0 Å². The Balaban J connectivity index is 1.82. The molecule has 0 aliphatic carbocycles. The number of hydrogen-bond acceptors (Lipinski definition) is 4. The first-order chi connectivity index (χ1) is 11.9. The molecule has 2 N–H and O–H groups in total. The minimum absolute atomic E-state index is 0.0196. The summed E-state index contributed by atoms with van der Waals surface area (Å²) in [6.07, 6.45) is -3.15. The van der Waals surface area contributed by atoms with Gasteiger partial charge in [0, 0.05) is 12.8 Å². The Morgan fingerprint density at radius 3 is 2.44 bits per heavy atom. The van der Waals surface area contributed by atoms with Gasteiger partial charge in [0.05, 0.1) is 18.9 Å². The van der Waals surface area contributed by atoms with E-state index in [1.54, 1.807) is 24.3 Å². The minimum atomic E-state index is -4.73. The molecule has 1 aliphatic heterocycles. The Morgan fingerprint density at radius 2 is 1.72 bits per heavy atom. The molecule has 0 atom stereocenters. The van der Waals surface area contributed by atoms with E-state index >= 15 is 0 Å². The van der Waals surface area contributed by atoms with Crippen LogP contribution in [0.3, 0.4) is 0 Å². The average Bonchev–Trinajstić information content (AvgIpc) is 2.56. The first-order valence-corrected chi connectivity index (χ1v) is 7.91. The molecule has 2 aromatic carbocycles. The molecular formula is C18H18F3NO3. The van der Waals surface area contributed by atoms with E-state index in [0.29, 0.717) is 35.8 Å². The Morgan fingerprint density at radius 1 is 1.00 bits per heavy atom. The van der Waals surface area contributed by atoms with Gasteiger partial charge in [0.15, 0.2) is 0 Å². The normalized spacial score (nSPS) is 15.8. The van der Waals surface area contributed by atoms with Crippen LogP contribution in [0.5, 0.6) is 11.5 Å². The largest absolute Gasteiger partial charge is 0.573 e. The SMILES string of the molecule is Nc1ccc(-c2cccc(OC(F)(F)F)c2)cc1OC1CCOCC1. The summed E-state index contributed by atoms with van der Waals surface area (Å²) in [5, 5.41) is 0. The predicted octanol–water partition coefficient (Wildman–Crippen LogP) is 4.39. The van der Waals surface area contributed by atoms with Gasteiger partial charge in [0.1, 0.15) is 17.6 Å². The van der Waals surface area contributed by atoms with Crippen LogP contribution < -0.4 is 15.2 Å². The van der Waals surface area contributed by atoms with E-state index in [4.69, 9.17) is 15.2 Å². The van der Waals surface area contributed by atoms with Crippen LogP contribution in [0.4, 0.5) is 18.9 Å². The zero-order chi connectivity index (χ0) is 17.9. The van der Waals surface area contributed by atoms with Gasteiger partial charge in [0.2, 0.25) is 0 Å². The van der Waals surface area contributed by atoms with E-state index in [1.807, 2.05) is 0 Å². The van der Waals surface area contributed by atoms with E-state index in [-0.39, 0.29) is 11.9 Å². The molecule has 134 valence electrons. The Hall–Kier alpha value is -2.41. The minimum Gasteiger partial charge on any atom is -0.488 e. The van der Waals surface area contributed by atoms with Gasteiger partial charge in [-0.1, -0.05) is 18.2 Å². The lowest BCUT2D eigenvalue weighted by molar-refractivity contribution is -0.274. The number of rotatable bonds is 4. The van der Waals surface area contributed by atoms with E-state index in [9.17, 15) is 13.2 Å². The van der Waals surface area contributed by atoms with Crippen LogP contribution in [0.1, 0.15) is 12.8 Å². The molecule has 0 unspecified atom stereocenters. The van der Waals surface area contributed by atoms with Crippen LogP contribution in [0.15, 0.2) is 42.5 Å². The molecule has 1 saturated heterocycles. The number of benzene rings is 2. The van der Waals surface area contributed by atoms with Gasteiger partial charge in [-0.25, -0.2) is 0 Å². The summed E-state index contributed by atoms with van der Waals surface area (Å²) < 4.78 is 52.4. The fourth-order valence-electron chi connectivity index (χ4n) is 2.66. The second-order valence-electron chi connectivity index (χ2n) is 5.76. The van der Waals surface area contributed by atoms with Gasteiger partial charge < -0.3 is 19.9 Å². The molecule has 0 bridgehead atoms. The second-order valence-corrected chi connectivity index (χ2v) is 5.76. The maximum atomic E-state index is 12.4. The molecule has 7 heteroatoms. The van der Waals surface area contributed by atoms with Crippen molar-refractivity contribution in [1.29, 1.82) is 0 Å². The molecular weight excluding hydrogens is 335 g/mol. The molecule has 0 amide bonds. The number of alkyl halides is 3. The molecule has 1 heterocycles. The first kappa shape index (κ1) is 17.4. The molecule has 0 spiro atoms. The van der Waals surface area contributed by atoms with Gasteiger partial charge in [0.25, 0.3) is 0 Å². The fraction of sp³-hybridized carbons (Fsp3) is 0.333. The van der Waals surface area contributed by atoms with Gasteiger partial charge >= 0.3 is 6.36 Å². The van der Waals surface area contributed by atoms with Gasteiger partial charge in [-0.15, -0.1) is 13.2 Å². The zero-order valence-electron chi connectivity index (χ0n) is 13.4. The number of nitrogen functional groups attached to an aromatic ring is 1. The van der Waals surface area contributed by atoms with E-state index in [0.717, 1.165) is 12.8 Å². The van der Waals surface area contributed by atoms with Crippen molar-refractivity contribution in [2.75, 3.05) is 18.9 Å². The zero-order valence-corrected chi connectivity index (χ0v) is 13.4. The Labute approximate surface area is 143 Å². The Bertz CT molecular complexity index is 728. The highest BCUT2D eigenvalue weighted by Crippen LogP contribution is 2.33. The van der Waals surface area contributed by atoms with Crippen molar-refractivity contribution < 1.29 is 27.4 Å². The van der Waals surface area contributed by atoms with Crippen molar-refractivity contribution in [1.82, 2.24) is 0 Å². The maximum Gasteiger partial charge on any atom is 0.573 e. The smallest absolute Gasteiger partial charge is 0.488 e. The monoisotopic (exact) mass is 353 g/mol. The molecule has 4 nitrogen and oxygen atoms in total. The van der Waals surface area contributed by atoms with Gasteiger partial charge in [-0.05, 0) is 35.4 Å². The third kappa shape index (κ3) is 4.79. The summed E-state index contributed by atoms with van der Waals surface area (Å²) in [6.45, 7) is 1.28. The molecule has 2 aromatic rings. The highest BCUT2D eigenvalue weighted by Gasteiger charge is 2.31. The lowest BCUT2D eigenvalue weighted by Crippen LogP contribution is -2.26. The quantitative estimate of drug-likeness (QED) is 0.828. The number of ether oxygens (including phenoxy) is 3. The molecule has 1 fully saturated rings. The van der Waals surface area contributed by atoms with Gasteiger partial charge in [-0.3, -0.25) is 0 Å². The van der Waals surface area contributed by atoms with Crippen LogP contribution in [-0.2, 0) is 4.74 Å². The van der Waals surface area contributed by atoms with Crippen LogP contribution in [0, 0.1) is 0 Å². The van der Waals surface area contributed by atoms with Crippen LogP contribution >= 0.6 is 0 Å². The highest BCUT2D eigenvalue weighted by molar-refractivity contribution is 5.70. The van der Waals surface area contributed by atoms with Crippen LogP contribution in [-0.4, -0.2) is 25.7 Å². The Kier molecular flexibility index (Phi) is 5.03. The second kappa shape index (κ2) is 7.23. The number of hydrogen-bond donors (Lipinski definition) is 1. The summed E-state index contributed by atoms with van der Waals surface area (Å²) in [5.74, 6) is 0.250. The highest BCUT2D eigenvalue weighted by atomic mass is 19.4. The summed E-state index contributed by atoms with van der Waals surface area (Å²) in [7, 11) is 0. The molecule has 0 radical (unpaired) electrons. The molecule has 0 saturated carbocycles. The van der Waals surface area contributed by atoms with Crippen molar-refractivity contribution in [2.24, 2.45) is 0 Å². The average molecular weight is 353 g/mol. The maximum absolute atomic E-state index is 12.4. The standard InChI is InChI=1S/C18H18F3NO3/c19-18(20,21)25-15-3-1-2-12(10-15)13-4-5-16(22)17(11-13)24-14-6-8-23-9-7-14/h1-5,10-11,14H,6-9,22H2. The molecule has 0 aromatic heterocycles. The number of anilines is 1. The summed E-state index contributed by atoms with van der Waals surface area (Å²) in [5.41, 5.74) is 7.73. The van der Waals surface area contributed by atoms with Crippen molar-refractivity contribution in [3.8, 4) is 22.6 Å². The molecule has 1 aliphatic rings. The van der Waals surface area contributed by atoms with Crippen LogP contribution in [0.25, 0.3) is 11.1 Å². The van der Waals surface area contributed by atoms with Gasteiger partial charge in [-0.2, -0.15) is 0 Å². The predicted molar refractivity (Wildman–Crippen MR) is 87.4 cm³/mol. The van der Waals surface area contributed by atoms with Crippen molar-refractivity contribution in [3.05, 3.63) is 42.5 Å². The van der Waals surface area contributed by atoms with Crippen molar-refractivity contribution in [3.63, 3.8) is 0 Å². The van der Waals surface area contributed by atoms with Crippen molar-refractivity contribution >= 4 is 5.69 Å². The summed E-state index contributed by atoms with van der Waals surface area (Å²) in [4.78, 5) is 0. The number of nitrogens with two attached hydrogens (primary N) is 1. The number of halogens is 3. The van der Waals surface area contributed by atoms with E-state index in [1.165, 1.54) is 18.2 Å². The lowest BCUT2D eigenvalue weighted by atomic mass is 10.0.